The van der Waals surface area contributed by atoms with Gasteiger partial charge in [0.1, 0.15) is 10.8 Å². The van der Waals surface area contributed by atoms with E-state index < -0.39 is 0 Å². The molecule has 7 heteroatoms. The molecular formula is C15H16N4O2S. The van der Waals surface area contributed by atoms with Gasteiger partial charge in [0.2, 0.25) is 5.13 Å². The first kappa shape index (κ1) is 13.5. The van der Waals surface area contributed by atoms with Crippen molar-refractivity contribution in [2.45, 2.75) is 31.7 Å². The predicted octanol–water partition coefficient (Wildman–Crippen LogP) is 2.71. The summed E-state index contributed by atoms with van der Waals surface area (Å²) < 4.78 is 0. The van der Waals surface area contributed by atoms with E-state index in [0.29, 0.717) is 24.1 Å². The number of benzene rings is 1. The van der Waals surface area contributed by atoms with Crippen molar-refractivity contribution in [1.29, 1.82) is 0 Å². The molecule has 6 nitrogen and oxygen atoms in total. The molecule has 0 spiro atoms. The Bertz CT molecular complexity index is 726. The highest BCUT2D eigenvalue weighted by Gasteiger charge is 2.28. The number of amides is 2. The Labute approximate surface area is 131 Å². The Morgan fingerprint density at radius 3 is 3.00 bits per heavy atom. The van der Waals surface area contributed by atoms with Crippen molar-refractivity contribution in [2.75, 3.05) is 11.9 Å². The van der Waals surface area contributed by atoms with E-state index in [-0.39, 0.29) is 11.8 Å². The maximum Gasteiger partial charge on any atom is 0.324 e. The standard InChI is InChI=1S/C15H16N4O2S/c20-12-4-3-9-5-6-19(8-11(9)7-12)15(21)16-14-18-17-13(22-14)10-1-2-10/h3-4,7,10,20H,1-2,5-6,8H2,(H,16,18,21). The third-order valence-corrected chi connectivity index (χ3v) is 5.07. The van der Waals surface area contributed by atoms with Crippen LogP contribution in [0.3, 0.4) is 0 Å². The average molecular weight is 316 g/mol. The number of hydrogen-bond acceptors (Lipinski definition) is 5. The summed E-state index contributed by atoms with van der Waals surface area (Å²) in [5, 5.41) is 22.2. The first-order valence-electron chi connectivity index (χ1n) is 7.39. The van der Waals surface area contributed by atoms with Crippen molar-refractivity contribution in [3.8, 4) is 5.75 Å². The number of nitrogens with one attached hydrogen (secondary N) is 1. The molecule has 0 radical (unpaired) electrons. The first-order valence-corrected chi connectivity index (χ1v) is 8.21. The van der Waals surface area contributed by atoms with E-state index in [2.05, 4.69) is 15.5 Å². The number of fused-ring (bicyclic) bond motifs is 1. The van der Waals surface area contributed by atoms with Crippen molar-refractivity contribution < 1.29 is 9.90 Å². The van der Waals surface area contributed by atoms with Crippen LogP contribution in [0.2, 0.25) is 0 Å². The quantitative estimate of drug-likeness (QED) is 0.893. The van der Waals surface area contributed by atoms with Crippen LogP contribution >= 0.6 is 11.3 Å². The van der Waals surface area contributed by atoms with Crippen molar-refractivity contribution in [2.24, 2.45) is 0 Å². The van der Waals surface area contributed by atoms with E-state index in [1.54, 1.807) is 17.0 Å². The molecule has 1 saturated carbocycles. The molecule has 22 heavy (non-hydrogen) atoms. The van der Waals surface area contributed by atoms with Crippen molar-refractivity contribution in [3.63, 3.8) is 0 Å². The van der Waals surface area contributed by atoms with Gasteiger partial charge in [0, 0.05) is 19.0 Å². The van der Waals surface area contributed by atoms with E-state index in [1.807, 2.05) is 6.07 Å². The zero-order chi connectivity index (χ0) is 15.1. The fourth-order valence-corrected chi connectivity index (χ4v) is 3.57. The van der Waals surface area contributed by atoms with Crippen molar-refractivity contribution in [3.05, 3.63) is 34.3 Å². The number of urea groups is 1. The lowest BCUT2D eigenvalue weighted by molar-refractivity contribution is 0.206. The number of nitrogens with zero attached hydrogens (tertiary/aromatic N) is 3. The highest BCUT2D eigenvalue weighted by molar-refractivity contribution is 7.15. The van der Waals surface area contributed by atoms with Gasteiger partial charge in [-0.25, -0.2) is 4.79 Å². The molecule has 1 aliphatic heterocycles. The van der Waals surface area contributed by atoms with Crippen LogP contribution in [0.1, 0.15) is 34.9 Å². The zero-order valence-electron chi connectivity index (χ0n) is 12.0. The van der Waals surface area contributed by atoms with Gasteiger partial charge in [-0.05, 0) is 42.5 Å². The minimum atomic E-state index is -0.160. The molecule has 114 valence electrons. The molecule has 0 unspecified atom stereocenters. The largest absolute Gasteiger partial charge is 0.508 e. The molecule has 0 atom stereocenters. The van der Waals surface area contributed by atoms with Crippen LogP contribution in [0.25, 0.3) is 0 Å². The Hall–Kier alpha value is -2.15. The molecule has 2 aliphatic rings. The third-order valence-electron chi connectivity index (χ3n) is 4.07. The van der Waals surface area contributed by atoms with Gasteiger partial charge in [-0.2, -0.15) is 0 Å². The number of phenols is 1. The number of carbonyl (C=O) groups excluding carboxylic acids is 1. The van der Waals surface area contributed by atoms with Gasteiger partial charge in [-0.3, -0.25) is 5.32 Å². The van der Waals surface area contributed by atoms with Crippen LogP contribution in [0, 0.1) is 0 Å². The van der Waals surface area contributed by atoms with Gasteiger partial charge in [0.15, 0.2) is 0 Å². The molecule has 2 heterocycles. The van der Waals surface area contributed by atoms with Gasteiger partial charge in [-0.15, -0.1) is 10.2 Å². The maximum absolute atomic E-state index is 12.3. The number of anilines is 1. The Kier molecular flexibility index (Phi) is 3.22. The average Bonchev–Trinajstić information content (AvgIpc) is 3.27. The second-order valence-electron chi connectivity index (χ2n) is 5.77. The topological polar surface area (TPSA) is 78.4 Å². The van der Waals surface area contributed by atoms with Gasteiger partial charge >= 0.3 is 6.03 Å². The van der Waals surface area contributed by atoms with Gasteiger partial charge in [-0.1, -0.05) is 17.4 Å². The summed E-state index contributed by atoms with van der Waals surface area (Å²) in [6, 6.07) is 5.18. The minimum absolute atomic E-state index is 0.160. The SMILES string of the molecule is O=C(Nc1nnc(C2CC2)s1)N1CCc2ccc(O)cc2C1. The smallest absolute Gasteiger partial charge is 0.324 e. The number of aromatic hydroxyl groups is 1. The molecule has 0 saturated heterocycles. The van der Waals surface area contributed by atoms with Crippen LogP contribution < -0.4 is 5.32 Å². The number of phenolic OH excluding ortho intramolecular Hbond substituents is 1. The number of hydrogen-bond donors (Lipinski definition) is 2. The molecule has 1 aliphatic carbocycles. The van der Waals surface area contributed by atoms with E-state index >= 15 is 0 Å². The van der Waals surface area contributed by atoms with E-state index in [9.17, 15) is 9.90 Å². The fraction of sp³-hybridized carbons (Fsp3) is 0.400. The Morgan fingerprint density at radius 2 is 2.18 bits per heavy atom. The third kappa shape index (κ3) is 2.64. The van der Waals surface area contributed by atoms with Gasteiger partial charge < -0.3 is 10.0 Å². The molecule has 0 bridgehead atoms. The van der Waals surface area contributed by atoms with Crippen molar-refractivity contribution >= 4 is 22.5 Å². The Morgan fingerprint density at radius 1 is 1.32 bits per heavy atom. The zero-order valence-corrected chi connectivity index (χ0v) is 12.8. The van der Waals surface area contributed by atoms with Crippen LogP contribution in [0.4, 0.5) is 9.93 Å². The monoisotopic (exact) mass is 316 g/mol. The summed E-state index contributed by atoms with van der Waals surface area (Å²) in [6.07, 6.45) is 3.15. The second-order valence-corrected chi connectivity index (χ2v) is 6.78. The first-order chi connectivity index (χ1) is 10.7. The summed E-state index contributed by atoms with van der Waals surface area (Å²) in [6.45, 7) is 1.17. The lowest BCUT2D eigenvalue weighted by Crippen LogP contribution is -2.38. The van der Waals surface area contributed by atoms with Crippen LogP contribution in [-0.2, 0) is 13.0 Å². The highest BCUT2D eigenvalue weighted by Crippen LogP contribution is 2.42. The van der Waals surface area contributed by atoms with Gasteiger partial charge in [0.25, 0.3) is 0 Å². The summed E-state index contributed by atoms with van der Waals surface area (Å²) in [7, 11) is 0. The summed E-state index contributed by atoms with van der Waals surface area (Å²) in [5.74, 6) is 0.784. The summed E-state index contributed by atoms with van der Waals surface area (Å²) in [4.78, 5) is 14.1. The number of carbonyl (C=O) groups is 1. The van der Waals surface area contributed by atoms with Crippen LogP contribution in [0.15, 0.2) is 18.2 Å². The molecule has 2 amide bonds. The van der Waals surface area contributed by atoms with E-state index in [1.165, 1.54) is 29.7 Å². The van der Waals surface area contributed by atoms with Gasteiger partial charge in [0.05, 0.1) is 0 Å². The Balaban J connectivity index is 1.44. The molecule has 1 aromatic heterocycles. The lowest BCUT2D eigenvalue weighted by atomic mass is 10.00. The lowest BCUT2D eigenvalue weighted by Gasteiger charge is -2.28. The van der Waals surface area contributed by atoms with E-state index in [0.717, 1.165) is 17.0 Å². The second kappa shape index (κ2) is 5.24. The molecule has 1 fully saturated rings. The van der Waals surface area contributed by atoms with Crippen LogP contribution in [0.5, 0.6) is 5.75 Å². The molecule has 1 aromatic carbocycles. The minimum Gasteiger partial charge on any atom is -0.508 e. The highest BCUT2D eigenvalue weighted by atomic mass is 32.1. The summed E-state index contributed by atoms with van der Waals surface area (Å²) in [5.41, 5.74) is 2.19. The van der Waals surface area contributed by atoms with Crippen molar-refractivity contribution in [1.82, 2.24) is 15.1 Å². The maximum atomic E-state index is 12.3. The molecule has 4 rings (SSSR count). The molecule has 2 aromatic rings. The predicted molar refractivity (Wildman–Crippen MR) is 83.1 cm³/mol. The molecular weight excluding hydrogens is 300 g/mol. The fourth-order valence-electron chi connectivity index (χ4n) is 2.67. The van der Waals surface area contributed by atoms with E-state index in [4.69, 9.17) is 0 Å². The number of rotatable bonds is 2. The molecule has 2 N–H and O–H groups in total. The van der Waals surface area contributed by atoms with Crippen LogP contribution in [-0.4, -0.2) is 32.8 Å². The summed E-state index contributed by atoms with van der Waals surface area (Å²) >= 11 is 1.46. The normalized spacial score (nSPS) is 17.2. The number of aromatic nitrogens is 2.